The molecule has 3 nitrogen and oxygen atoms in total. The molecule has 0 atom stereocenters. The van der Waals surface area contributed by atoms with Gasteiger partial charge in [-0.3, -0.25) is 0 Å². The summed E-state index contributed by atoms with van der Waals surface area (Å²) in [5.41, 5.74) is 0.588. The van der Waals surface area contributed by atoms with Crippen LogP contribution in [0.2, 0.25) is 0 Å². The molecule has 0 saturated heterocycles. The van der Waals surface area contributed by atoms with E-state index >= 15 is 0 Å². The lowest BCUT2D eigenvalue weighted by molar-refractivity contribution is 0.583. The van der Waals surface area contributed by atoms with Crippen LogP contribution in [0, 0.1) is 18.6 Å². The fraction of sp³-hybridized carbons (Fsp3) is 0.308. The summed E-state index contributed by atoms with van der Waals surface area (Å²) < 4.78 is 29.7. The van der Waals surface area contributed by atoms with E-state index in [1.54, 1.807) is 0 Å². The van der Waals surface area contributed by atoms with E-state index in [9.17, 15) is 8.78 Å². The van der Waals surface area contributed by atoms with Crippen molar-refractivity contribution in [1.29, 1.82) is 0 Å². The molecule has 2 aromatic rings. The zero-order valence-electron chi connectivity index (χ0n) is 10.8. The van der Waals surface area contributed by atoms with Gasteiger partial charge in [-0.1, -0.05) is 15.9 Å². The van der Waals surface area contributed by atoms with E-state index in [2.05, 4.69) is 26.2 Å². The maximum atomic E-state index is 13.8. The van der Waals surface area contributed by atoms with Gasteiger partial charge in [0.15, 0.2) is 11.6 Å². The number of nitrogens with one attached hydrogen (secondary N) is 1. The van der Waals surface area contributed by atoms with Gasteiger partial charge in [0.1, 0.15) is 5.69 Å². The van der Waals surface area contributed by atoms with Crippen molar-refractivity contribution in [2.45, 2.75) is 26.8 Å². The van der Waals surface area contributed by atoms with E-state index in [1.807, 2.05) is 31.5 Å². The molecule has 0 fully saturated rings. The van der Waals surface area contributed by atoms with Crippen molar-refractivity contribution in [3.63, 3.8) is 0 Å². The maximum Gasteiger partial charge on any atom is 0.207 e. The molecule has 0 aliphatic heterocycles. The molecular weight excluding hydrogens is 316 g/mol. The highest BCUT2D eigenvalue weighted by Gasteiger charge is 2.15. The molecule has 19 heavy (non-hydrogen) atoms. The van der Waals surface area contributed by atoms with Crippen LogP contribution in [0.3, 0.4) is 0 Å². The van der Waals surface area contributed by atoms with E-state index in [4.69, 9.17) is 0 Å². The smallest absolute Gasteiger partial charge is 0.207 e. The van der Waals surface area contributed by atoms with Crippen molar-refractivity contribution in [1.82, 2.24) is 9.55 Å². The number of rotatable bonds is 3. The Labute approximate surface area is 118 Å². The molecule has 2 rings (SSSR count). The molecule has 0 aliphatic rings. The predicted molar refractivity (Wildman–Crippen MR) is 74.7 cm³/mol. The van der Waals surface area contributed by atoms with E-state index in [-0.39, 0.29) is 11.7 Å². The first-order valence-electron chi connectivity index (χ1n) is 5.85. The molecule has 0 radical (unpaired) electrons. The number of halogens is 3. The molecule has 0 saturated carbocycles. The normalized spacial score (nSPS) is 11.1. The first kappa shape index (κ1) is 14.0. The lowest BCUT2D eigenvalue weighted by Crippen LogP contribution is -2.07. The van der Waals surface area contributed by atoms with Crippen LogP contribution in [0.25, 0.3) is 0 Å². The van der Waals surface area contributed by atoms with E-state index in [1.165, 1.54) is 12.1 Å². The molecule has 0 bridgehead atoms. The molecule has 1 aromatic heterocycles. The lowest BCUT2D eigenvalue weighted by atomic mass is 10.3. The minimum Gasteiger partial charge on any atom is -0.321 e. The van der Waals surface area contributed by atoms with Gasteiger partial charge in [0.05, 0.1) is 5.69 Å². The highest BCUT2D eigenvalue weighted by molar-refractivity contribution is 9.10. The average molecular weight is 330 g/mol. The highest BCUT2D eigenvalue weighted by Crippen LogP contribution is 2.27. The van der Waals surface area contributed by atoms with Gasteiger partial charge in [-0.15, -0.1) is 0 Å². The van der Waals surface area contributed by atoms with Crippen LogP contribution < -0.4 is 5.32 Å². The lowest BCUT2D eigenvalue weighted by Gasteiger charge is -2.13. The number of hydrogen-bond acceptors (Lipinski definition) is 2. The highest BCUT2D eigenvalue weighted by atomic mass is 79.9. The van der Waals surface area contributed by atoms with Gasteiger partial charge < -0.3 is 9.88 Å². The molecule has 1 heterocycles. The van der Waals surface area contributed by atoms with Crippen molar-refractivity contribution in [2.24, 2.45) is 0 Å². The third-order valence-corrected chi connectivity index (χ3v) is 3.11. The summed E-state index contributed by atoms with van der Waals surface area (Å²) in [5, 5.41) is 2.72. The van der Waals surface area contributed by atoms with Gasteiger partial charge in [0.25, 0.3) is 0 Å². The van der Waals surface area contributed by atoms with Crippen LogP contribution in [0.4, 0.5) is 20.4 Å². The summed E-state index contributed by atoms with van der Waals surface area (Å²) in [7, 11) is 0. The van der Waals surface area contributed by atoms with Gasteiger partial charge >= 0.3 is 0 Å². The summed E-state index contributed by atoms with van der Waals surface area (Å²) >= 11 is 3.05. The van der Waals surface area contributed by atoms with E-state index in [0.717, 1.165) is 5.69 Å². The molecule has 0 spiro atoms. The first-order chi connectivity index (χ1) is 8.88. The number of imidazole rings is 1. The molecule has 102 valence electrons. The number of aromatic nitrogens is 2. The predicted octanol–water partition coefficient (Wildman–Crippen LogP) is 4.56. The minimum atomic E-state index is -0.664. The van der Waals surface area contributed by atoms with Crippen molar-refractivity contribution in [3.8, 4) is 0 Å². The molecule has 6 heteroatoms. The fourth-order valence-corrected chi connectivity index (χ4v) is 2.18. The summed E-state index contributed by atoms with van der Waals surface area (Å²) in [6.45, 7) is 5.78. The quantitative estimate of drug-likeness (QED) is 0.894. The number of nitrogens with zero attached hydrogens (tertiary/aromatic N) is 2. The average Bonchev–Trinajstić information content (AvgIpc) is 2.65. The summed E-state index contributed by atoms with van der Waals surface area (Å²) in [6, 6.07) is 2.56. The maximum absolute atomic E-state index is 13.8. The van der Waals surface area contributed by atoms with E-state index < -0.39 is 11.6 Å². The van der Waals surface area contributed by atoms with Crippen LogP contribution in [0.1, 0.15) is 25.6 Å². The fourth-order valence-electron chi connectivity index (χ4n) is 1.78. The number of benzene rings is 1. The molecule has 0 aliphatic carbocycles. The van der Waals surface area contributed by atoms with Gasteiger partial charge in [0, 0.05) is 16.7 Å². The number of aryl methyl sites for hydroxylation is 1. The summed E-state index contributed by atoms with van der Waals surface area (Å²) in [4.78, 5) is 4.24. The van der Waals surface area contributed by atoms with Gasteiger partial charge in [-0.25, -0.2) is 13.8 Å². The molecule has 0 unspecified atom stereocenters. The second kappa shape index (κ2) is 5.28. The second-order valence-electron chi connectivity index (χ2n) is 4.58. The topological polar surface area (TPSA) is 29.9 Å². The third kappa shape index (κ3) is 2.94. The summed E-state index contributed by atoms with van der Waals surface area (Å²) in [5.74, 6) is -0.904. The molecule has 0 amide bonds. The van der Waals surface area contributed by atoms with Crippen LogP contribution in [0.5, 0.6) is 0 Å². The van der Waals surface area contributed by atoms with E-state index in [0.29, 0.717) is 10.4 Å². The van der Waals surface area contributed by atoms with Crippen LogP contribution in [0.15, 0.2) is 22.8 Å². The first-order valence-corrected chi connectivity index (χ1v) is 6.65. The van der Waals surface area contributed by atoms with Crippen molar-refractivity contribution < 1.29 is 8.78 Å². The van der Waals surface area contributed by atoms with Crippen LogP contribution in [-0.4, -0.2) is 9.55 Å². The zero-order chi connectivity index (χ0) is 14.2. The minimum absolute atomic E-state index is 0.144. The monoisotopic (exact) mass is 329 g/mol. The molecule has 1 aromatic carbocycles. The third-order valence-electron chi connectivity index (χ3n) is 2.65. The Morgan fingerprint density at radius 1 is 1.26 bits per heavy atom. The van der Waals surface area contributed by atoms with Crippen molar-refractivity contribution in [2.75, 3.05) is 5.32 Å². The Hall–Kier alpha value is -1.43. The Bertz CT molecular complexity index is 585. The number of anilines is 2. The Morgan fingerprint density at radius 2 is 1.84 bits per heavy atom. The largest absolute Gasteiger partial charge is 0.321 e. The standard InChI is InChI=1S/C13H14BrF2N3/c1-7(2)19-6-8(3)17-13(19)18-12-10(15)4-9(14)5-11(12)16/h4-7H,1-3H3,(H,17,18). The Kier molecular flexibility index (Phi) is 3.89. The molecule has 1 N–H and O–H groups in total. The van der Waals surface area contributed by atoms with Crippen molar-refractivity contribution >= 4 is 27.6 Å². The van der Waals surface area contributed by atoms with Gasteiger partial charge in [0.2, 0.25) is 5.95 Å². The Balaban J connectivity index is 2.42. The van der Waals surface area contributed by atoms with Crippen LogP contribution >= 0.6 is 15.9 Å². The van der Waals surface area contributed by atoms with Gasteiger partial charge in [-0.05, 0) is 32.9 Å². The molecular formula is C13H14BrF2N3. The summed E-state index contributed by atoms with van der Waals surface area (Å²) in [6.07, 6.45) is 1.83. The SMILES string of the molecule is Cc1cn(C(C)C)c(Nc2c(F)cc(Br)cc2F)n1. The Morgan fingerprint density at radius 3 is 2.37 bits per heavy atom. The second-order valence-corrected chi connectivity index (χ2v) is 5.49. The van der Waals surface area contributed by atoms with Crippen LogP contribution in [-0.2, 0) is 0 Å². The van der Waals surface area contributed by atoms with Crippen molar-refractivity contribution in [3.05, 3.63) is 40.1 Å². The van der Waals surface area contributed by atoms with Gasteiger partial charge in [-0.2, -0.15) is 0 Å². The zero-order valence-corrected chi connectivity index (χ0v) is 12.4. The number of hydrogen-bond donors (Lipinski definition) is 1.